The van der Waals surface area contributed by atoms with Gasteiger partial charge in [0.15, 0.2) is 0 Å². The second kappa shape index (κ2) is 5.34. The molecule has 1 heteroatoms. The molecule has 0 saturated carbocycles. The topological polar surface area (TPSA) is 12.4 Å². The molecule has 12 heavy (non-hydrogen) atoms. The third-order valence-corrected chi connectivity index (χ3v) is 2.68. The van der Waals surface area contributed by atoms with Crippen LogP contribution in [-0.4, -0.2) is 12.3 Å². The van der Waals surface area contributed by atoms with E-state index < -0.39 is 0 Å². The van der Waals surface area contributed by atoms with Gasteiger partial charge in [0.25, 0.3) is 0 Å². The average Bonchev–Trinajstić information content (AvgIpc) is 2.00. The lowest BCUT2D eigenvalue weighted by Gasteiger charge is -2.16. The Hall–Kier alpha value is -0.330. The number of rotatable bonds is 2. The maximum Gasteiger partial charge on any atom is 0.0495 e. The molecular weight excluding hydrogens is 146 g/mol. The summed E-state index contributed by atoms with van der Waals surface area (Å²) in [6, 6.07) is 0.641. The fourth-order valence-electron chi connectivity index (χ4n) is 1.84. The van der Waals surface area contributed by atoms with Crippen LogP contribution in [0.1, 0.15) is 52.4 Å². The zero-order valence-corrected chi connectivity index (χ0v) is 8.42. The van der Waals surface area contributed by atoms with Crippen LogP contribution in [0.25, 0.3) is 0 Å². The Balaban J connectivity index is 2.35. The van der Waals surface area contributed by atoms with E-state index in [1.807, 2.05) is 0 Å². The molecule has 0 radical (unpaired) electrons. The number of hydrogen-bond donors (Lipinski definition) is 0. The zero-order chi connectivity index (χ0) is 8.81. The molecule has 0 aromatic carbocycles. The van der Waals surface area contributed by atoms with Gasteiger partial charge in [-0.25, -0.2) is 0 Å². The van der Waals surface area contributed by atoms with E-state index in [0.717, 1.165) is 5.92 Å². The lowest BCUT2D eigenvalue weighted by atomic mass is 9.96. The Morgan fingerprint density at radius 1 is 1.42 bits per heavy atom. The monoisotopic (exact) mass is 167 g/mol. The fraction of sp³-hybridized carbons (Fsp3) is 0.909. The second-order valence-corrected chi connectivity index (χ2v) is 4.05. The second-order valence-electron chi connectivity index (χ2n) is 4.05. The lowest BCUT2D eigenvalue weighted by molar-refractivity contribution is 0.456. The molecule has 0 spiro atoms. The van der Waals surface area contributed by atoms with Crippen molar-refractivity contribution in [3.8, 4) is 0 Å². The molecule has 2 atom stereocenters. The van der Waals surface area contributed by atoms with Gasteiger partial charge in [0.1, 0.15) is 0 Å². The summed E-state index contributed by atoms with van der Waals surface area (Å²) in [6.07, 6.45) is 10.00. The Labute approximate surface area is 76.3 Å². The van der Waals surface area contributed by atoms with E-state index in [-0.39, 0.29) is 0 Å². The highest BCUT2D eigenvalue weighted by molar-refractivity contribution is 5.57. The quantitative estimate of drug-likeness (QED) is 0.597. The van der Waals surface area contributed by atoms with Crippen molar-refractivity contribution in [1.82, 2.24) is 0 Å². The van der Waals surface area contributed by atoms with Crippen molar-refractivity contribution in [1.29, 1.82) is 0 Å². The van der Waals surface area contributed by atoms with E-state index in [1.165, 1.54) is 38.5 Å². The average molecular weight is 167 g/mol. The van der Waals surface area contributed by atoms with Crippen molar-refractivity contribution in [2.24, 2.45) is 10.9 Å². The number of hydrogen-bond acceptors (Lipinski definition) is 1. The first-order valence-electron chi connectivity index (χ1n) is 5.34. The Morgan fingerprint density at radius 3 is 3.00 bits per heavy atom. The molecule has 0 bridgehead atoms. The predicted molar refractivity (Wildman–Crippen MR) is 54.8 cm³/mol. The highest BCUT2D eigenvalue weighted by Gasteiger charge is 2.09. The minimum Gasteiger partial charge on any atom is -0.294 e. The first-order valence-corrected chi connectivity index (χ1v) is 5.34. The molecule has 0 aromatic heterocycles. The van der Waals surface area contributed by atoms with Crippen LogP contribution in [0.3, 0.4) is 0 Å². The van der Waals surface area contributed by atoms with Gasteiger partial charge < -0.3 is 0 Å². The van der Waals surface area contributed by atoms with Crippen LogP contribution in [0.4, 0.5) is 0 Å². The molecule has 0 aromatic rings. The first kappa shape index (κ1) is 9.76. The van der Waals surface area contributed by atoms with E-state index in [2.05, 4.69) is 25.1 Å². The van der Waals surface area contributed by atoms with Crippen LogP contribution in [0.2, 0.25) is 0 Å². The SMILES string of the molecule is CCCC1CCCC(C)CC=N1. The molecule has 70 valence electrons. The third-order valence-electron chi connectivity index (χ3n) is 2.68. The summed E-state index contributed by atoms with van der Waals surface area (Å²) >= 11 is 0. The van der Waals surface area contributed by atoms with Gasteiger partial charge in [0, 0.05) is 6.04 Å². The number of aliphatic imine (C=N–C) groups is 1. The summed E-state index contributed by atoms with van der Waals surface area (Å²) in [5, 5.41) is 0. The highest BCUT2D eigenvalue weighted by Crippen LogP contribution is 2.18. The van der Waals surface area contributed by atoms with Crippen LogP contribution in [0.5, 0.6) is 0 Å². The third kappa shape index (κ3) is 3.38. The summed E-state index contributed by atoms with van der Waals surface area (Å²) in [5.41, 5.74) is 0. The molecule has 1 nitrogen and oxygen atoms in total. The summed E-state index contributed by atoms with van der Waals surface area (Å²) in [5.74, 6) is 0.858. The molecular formula is C11H21N. The highest BCUT2D eigenvalue weighted by atomic mass is 14.8. The van der Waals surface area contributed by atoms with Crippen molar-refractivity contribution in [3.05, 3.63) is 0 Å². The fourth-order valence-corrected chi connectivity index (χ4v) is 1.84. The van der Waals surface area contributed by atoms with Crippen LogP contribution in [0, 0.1) is 5.92 Å². The van der Waals surface area contributed by atoms with Crippen LogP contribution in [-0.2, 0) is 0 Å². The van der Waals surface area contributed by atoms with Crippen molar-refractivity contribution < 1.29 is 0 Å². The summed E-state index contributed by atoms with van der Waals surface area (Å²) in [4.78, 5) is 4.60. The standard InChI is InChI=1S/C11H21N/c1-3-5-11-7-4-6-10(2)8-9-12-11/h9-11H,3-8H2,1-2H3. The van der Waals surface area contributed by atoms with Crippen molar-refractivity contribution in [2.45, 2.75) is 58.4 Å². The molecule has 2 unspecified atom stereocenters. The predicted octanol–water partition coefficient (Wildman–Crippen LogP) is 3.44. The molecule has 0 saturated heterocycles. The van der Waals surface area contributed by atoms with Crippen LogP contribution >= 0.6 is 0 Å². The van der Waals surface area contributed by atoms with E-state index in [9.17, 15) is 0 Å². The van der Waals surface area contributed by atoms with Gasteiger partial charge in [0.2, 0.25) is 0 Å². The van der Waals surface area contributed by atoms with E-state index in [4.69, 9.17) is 0 Å². The summed E-state index contributed by atoms with van der Waals surface area (Å²) < 4.78 is 0. The van der Waals surface area contributed by atoms with Gasteiger partial charge in [-0.15, -0.1) is 0 Å². The van der Waals surface area contributed by atoms with Crippen LogP contribution < -0.4 is 0 Å². The van der Waals surface area contributed by atoms with Crippen molar-refractivity contribution >= 4 is 6.21 Å². The summed E-state index contributed by atoms with van der Waals surface area (Å²) in [7, 11) is 0. The Morgan fingerprint density at radius 2 is 2.25 bits per heavy atom. The maximum atomic E-state index is 4.60. The van der Waals surface area contributed by atoms with E-state index >= 15 is 0 Å². The molecule has 1 heterocycles. The lowest BCUT2D eigenvalue weighted by Crippen LogP contribution is -2.09. The van der Waals surface area contributed by atoms with Gasteiger partial charge in [0.05, 0.1) is 0 Å². The zero-order valence-electron chi connectivity index (χ0n) is 8.42. The first-order chi connectivity index (χ1) is 5.83. The van der Waals surface area contributed by atoms with E-state index in [0.29, 0.717) is 6.04 Å². The van der Waals surface area contributed by atoms with Crippen LogP contribution in [0.15, 0.2) is 4.99 Å². The minimum atomic E-state index is 0.641. The molecule has 0 aliphatic carbocycles. The van der Waals surface area contributed by atoms with Gasteiger partial charge in [-0.05, 0) is 31.4 Å². The normalized spacial score (nSPS) is 31.2. The Bertz CT molecular complexity index is 140. The molecule has 0 amide bonds. The molecule has 1 aliphatic heterocycles. The number of nitrogens with zero attached hydrogens (tertiary/aromatic N) is 1. The van der Waals surface area contributed by atoms with Gasteiger partial charge in [-0.3, -0.25) is 4.99 Å². The van der Waals surface area contributed by atoms with E-state index in [1.54, 1.807) is 0 Å². The molecule has 0 N–H and O–H groups in total. The maximum absolute atomic E-state index is 4.60. The van der Waals surface area contributed by atoms with Gasteiger partial charge in [-0.2, -0.15) is 0 Å². The Kier molecular flexibility index (Phi) is 4.34. The molecule has 1 aliphatic rings. The summed E-state index contributed by atoms with van der Waals surface area (Å²) in [6.45, 7) is 4.57. The molecule has 1 rings (SSSR count). The van der Waals surface area contributed by atoms with Gasteiger partial charge in [-0.1, -0.05) is 33.1 Å². The smallest absolute Gasteiger partial charge is 0.0495 e. The van der Waals surface area contributed by atoms with Crippen molar-refractivity contribution in [3.63, 3.8) is 0 Å². The van der Waals surface area contributed by atoms with Gasteiger partial charge >= 0.3 is 0 Å². The largest absolute Gasteiger partial charge is 0.294 e. The minimum absolute atomic E-state index is 0.641. The van der Waals surface area contributed by atoms with Crippen molar-refractivity contribution in [2.75, 3.05) is 0 Å². The molecule has 0 fully saturated rings.